The normalized spacial score (nSPS) is 28.7. The molecule has 0 unspecified atom stereocenters. The Morgan fingerprint density at radius 1 is 1.28 bits per heavy atom. The molecule has 1 aliphatic rings. The van der Waals surface area contributed by atoms with Crippen molar-refractivity contribution in [1.82, 2.24) is 0 Å². The standard InChI is InChI=1S/C16H21NS/c1-2-12-6-9-16(17,10-7-12)14-5-3-4-13-8-11-18-15(13)14/h3-5,8,11-12H,2,6-7,9-10,17H2,1H3. The molecule has 1 aromatic carbocycles. The van der Waals surface area contributed by atoms with Crippen LogP contribution in [0.25, 0.3) is 10.1 Å². The van der Waals surface area contributed by atoms with Crippen LogP contribution in [0.5, 0.6) is 0 Å². The highest BCUT2D eigenvalue weighted by atomic mass is 32.1. The van der Waals surface area contributed by atoms with E-state index in [9.17, 15) is 0 Å². The molecular formula is C16H21NS. The van der Waals surface area contributed by atoms with E-state index in [2.05, 4.69) is 36.6 Å². The average Bonchev–Trinajstić information content (AvgIpc) is 2.87. The summed E-state index contributed by atoms with van der Waals surface area (Å²) in [4.78, 5) is 0. The fourth-order valence-corrected chi connectivity index (χ4v) is 4.28. The van der Waals surface area contributed by atoms with Gasteiger partial charge in [-0.2, -0.15) is 0 Å². The minimum absolute atomic E-state index is 0.0873. The van der Waals surface area contributed by atoms with Gasteiger partial charge >= 0.3 is 0 Å². The topological polar surface area (TPSA) is 26.0 Å². The smallest absolute Gasteiger partial charge is 0.0424 e. The second-order valence-electron chi connectivity index (χ2n) is 5.65. The molecule has 96 valence electrons. The van der Waals surface area contributed by atoms with Crippen molar-refractivity contribution in [2.75, 3.05) is 0 Å². The van der Waals surface area contributed by atoms with Gasteiger partial charge in [0.1, 0.15) is 0 Å². The van der Waals surface area contributed by atoms with Crippen LogP contribution in [0, 0.1) is 5.92 Å². The van der Waals surface area contributed by atoms with Gasteiger partial charge in [-0.3, -0.25) is 0 Å². The Bertz CT molecular complexity index is 535. The molecule has 1 saturated carbocycles. The van der Waals surface area contributed by atoms with Gasteiger partial charge in [-0.25, -0.2) is 0 Å². The summed E-state index contributed by atoms with van der Waals surface area (Å²) < 4.78 is 1.40. The third kappa shape index (κ3) is 1.98. The zero-order valence-electron chi connectivity index (χ0n) is 11.0. The summed E-state index contributed by atoms with van der Waals surface area (Å²) in [6.07, 6.45) is 6.16. The molecular weight excluding hydrogens is 238 g/mol. The van der Waals surface area contributed by atoms with E-state index < -0.39 is 0 Å². The van der Waals surface area contributed by atoms with Gasteiger partial charge in [0.15, 0.2) is 0 Å². The number of nitrogens with two attached hydrogens (primary N) is 1. The molecule has 1 aliphatic carbocycles. The van der Waals surface area contributed by atoms with Crippen molar-refractivity contribution >= 4 is 21.4 Å². The van der Waals surface area contributed by atoms with Crippen molar-refractivity contribution in [2.45, 2.75) is 44.6 Å². The summed E-state index contributed by atoms with van der Waals surface area (Å²) >= 11 is 1.83. The van der Waals surface area contributed by atoms with Crippen LogP contribution >= 0.6 is 11.3 Å². The Morgan fingerprint density at radius 2 is 2.06 bits per heavy atom. The van der Waals surface area contributed by atoms with E-state index in [1.807, 2.05) is 11.3 Å². The Balaban J connectivity index is 1.96. The molecule has 1 nitrogen and oxygen atoms in total. The molecule has 2 heteroatoms. The van der Waals surface area contributed by atoms with Crippen molar-refractivity contribution in [1.29, 1.82) is 0 Å². The van der Waals surface area contributed by atoms with Crippen LogP contribution in [0.2, 0.25) is 0 Å². The molecule has 0 amide bonds. The second-order valence-corrected chi connectivity index (χ2v) is 6.57. The third-order valence-electron chi connectivity index (χ3n) is 4.59. The van der Waals surface area contributed by atoms with E-state index in [0.717, 1.165) is 18.8 Å². The van der Waals surface area contributed by atoms with Gasteiger partial charge in [-0.15, -0.1) is 11.3 Å². The first kappa shape index (κ1) is 12.2. The van der Waals surface area contributed by atoms with Crippen LogP contribution in [0.4, 0.5) is 0 Å². The van der Waals surface area contributed by atoms with Crippen LogP contribution in [-0.4, -0.2) is 0 Å². The molecule has 2 aromatic rings. The number of fused-ring (bicyclic) bond motifs is 1. The zero-order chi connectivity index (χ0) is 12.6. The molecule has 18 heavy (non-hydrogen) atoms. The molecule has 0 radical (unpaired) electrons. The molecule has 1 fully saturated rings. The molecule has 0 bridgehead atoms. The van der Waals surface area contributed by atoms with Crippen molar-refractivity contribution in [3.05, 3.63) is 35.2 Å². The highest BCUT2D eigenvalue weighted by Gasteiger charge is 2.33. The number of rotatable bonds is 2. The minimum Gasteiger partial charge on any atom is -0.321 e. The molecule has 1 aromatic heterocycles. The lowest BCUT2D eigenvalue weighted by molar-refractivity contribution is 0.233. The average molecular weight is 259 g/mol. The van der Waals surface area contributed by atoms with Crippen molar-refractivity contribution in [3.63, 3.8) is 0 Å². The minimum atomic E-state index is -0.0873. The predicted molar refractivity (Wildman–Crippen MR) is 79.9 cm³/mol. The first-order chi connectivity index (χ1) is 8.73. The molecule has 3 rings (SSSR count). The summed E-state index contributed by atoms with van der Waals surface area (Å²) in [7, 11) is 0. The fraction of sp³-hybridized carbons (Fsp3) is 0.500. The van der Waals surface area contributed by atoms with E-state index in [4.69, 9.17) is 5.73 Å². The van der Waals surface area contributed by atoms with Gasteiger partial charge in [-0.05, 0) is 54.0 Å². The summed E-state index contributed by atoms with van der Waals surface area (Å²) in [5.41, 5.74) is 8.02. The largest absolute Gasteiger partial charge is 0.321 e. The van der Waals surface area contributed by atoms with E-state index in [-0.39, 0.29) is 5.54 Å². The van der Waals surface area contributed by atoms with E-state index >= 15 is 0 Å². The first-order valence-electron chi connectivity index (χ1n) is 6.98. The van der Waals surface area contributed by atoms with Gasteiger partial charge in [-0.1, -0.05) is 31.5 Å². The molecule has 1 heterocycles. The van der Waals surface area contributed by atoms with Crippen molar-refractivity contribution < 1.29 is 0 Å². The highest BCUT2D eigenvalue weighted by molar-refractivity contribution is 7.17. The number of hydrogen-bond donors (Lipinski definition) is 1. The molecule has 0 aliphatic heterocycles. The van der Waals surface area contributed by atoms with E-state index in [0.29, 0.717) is 0 Å². The number of thiophene rings is 1. The number of hydrogen-bond acceptors (Lipinski definition) is 2. The summed E-state index contributed by atoms with van der Waals surface area (Å²) in [5.74, 6) is 0.893. The van der Waals surface area contributed by atoms with E-state index in [1.54, 1.807) is 0 Å². The molecule has 0 spiro atoms. The van der Waals surface area contributed by atoms with Crippen LogP contribution in [0.1, 0.15) is 44.6 Å². The van der Waals surface area contributed by atoms with Gasteiger partial charge in [0.25, 0.3) is 0 Å². The zero-order valence-corrected chi connectivity index (χ0v) is 11.8. The van der Waals surface area contributed by atoms with Crippen LogP contribution in [-0.2, 0) is 5.54 Å². The number of benzene rings is 1. The van der Waals surface area contributed by atoms with Crippen molar-refractivity contribution in [3.8, 4) is 0 Å². The summed E-state index contributed by atoms with van der Waals surface area (Å²) in [5, 5.41) is 3.52. The summed E-state index contributed by atoms with van der Waals surface area (Å²) in [6, 6.07) is 8.79. The van der Waals surface area contributed by atoms with Gasteiger partial charge in [0.05, 0.1) is 0 Å². The van der Waals surface area contributed by atoms with Crippen LogP contribution in [0.15, 0.2) is 29.6 Å². The van der Waals surface area contributed by atoms with Crippen LogP contribution in [0.3, 0.4) is 0 Å². The second kappa shape index (κ2) is 4.67. The maximum atomic E-state index is 6.73. The quantitative estimate of drug-likeness (QED) is 0.834. The Kier molecular flexibility index (Phi) is 3.16. The maximum absolute atomic E-state index is 6.73. The Morgan fingerprint density at radius 3 is 2.78 bits per heavy atom. The highest BCUT2D eigenvalue weighted by Crippen LogP contribution is 2.42. The molecule has 0 atom stereocenters. The maximum Gasteiger partial charge on any atom is 0.0424 e. The predicted octanol–water partition coefficient (Wildman–Crippen LogP) is 4.66. The van der Waals surface area contributed by atoms with Crippen LogP contribution < -0.4 is 5.73 Å². The van der Waals surface area contributed by atoms with Crippen molar-refractivity contribution in [2.24, 2.45) is 11.7 Å². The van der Waals surface area contributed by atoms with Gasteiger partial charge < -0.3 is 5.73 Å². The first-order valence-corrected chi connectivity index (χ1v) is 7.86. The van der Waals surface area contributed by atoms with Gasteiger partial charge in [0, 0.05) is 10.2 Å². The monoisotopic (exact) mass is 259 g/mol. The molecule has 0 saturated heterocycles. The van der Waals surface area contributed by atoms with Gasteiger partial charge in [0.2, 0.25) is 0 Å². The lowest BCUT2D eigenvalue weighted by Crippen LogP contribution is -2.40. The lowest BCUT2D eigenvalue weighted by atomic mass is 9.72. The third-order valence-corrected chi connectivity index (χ3v) is 5.55. The fourth-order valence-electron chi connectivity index (χ4n) is 3.26. The SMILES string of the molecule is CCC1CCC(N)(c2cccc3ccsc23)CC1. The Hall–Kier alpha value is -0.860. The van der Waals surface area contributed by atoms with E-state index in [1.165, 1.54) is 34.9 Å². The summed E-state index contributed by atoms with van der Waals surface area (Å²) in [6.45, 7) is 2.30. The lowest BCUT2D eigenvalue weighted by Gasteiger charge is -2.37. The Labute approximate surface area is 113 Å². The molecule has 2 N–H and O–H groups in total.